The van der Waals surface area contributed by atoms with Gasteiger partial charge in [-0.05, 0) is 12.1 Å². The quantitative estimate of drug-likeness (QED) is 0.447. The van der Waals surface area contributed by atoms with Crippen LogP contribution in [-0.2, 0) is 9.59 Å². The van der Waals surface area contributed by atoms with E-state index in [0.29, 0.717) is 0 Å². The van der Waals surface area contributed by atoms with E-state index in [2.05, 4.69) is 5.32 Å². The van der Waals surface area contributed by atoms with Gasteiger partial charge in [-0.2, -0.15) is 0 Å². The van der Waals surface area contributed by atoms with Gasteiger partial charge >= 0.3 is 0 Å². The van der Waals surface area contributed by atoms with Crippen LogP contribution in [0.2, 0.25) is 0 Å². The van der Waals surface area contributed by atoms with Crippen molar-refractivity contribution in [2.24, 2.45) is 0 Å². The number of nitrogens with one attached hydrogen (secondary N) is 1. The zero-order valence-electron chi connectivity index (χ0n) is 9.66. The van der Waals surface area contributed by atoms with E-state index in [0.717, 1.165) is 4.90 Å². The van der Waals surface area contributed by atoms with Crippen LogP contribution in [0.3, 0.4) is 0 Å². The molecule has 1 saturated heterocycles. The van der Waals surface area contributed by atoms with E-state index >= 15 is 0 Å². The van der Waals surface area contributed by atoms with Crippen molar-refractivity contribution in [1.82, 2.24) is 10.2 Å². The summed E-state index contributed by atoms with van der Waals surface area (Å²) in [5.41, 5.74) is 0.0529. The summed E-state index contributed by atoms with van der Waals surface area (Å²) in [4.78, 5) is 45.3. The largest absolute Gasteiger partial charge is 0.320 e. The van der Waals surface area contributed by atoms with Crippen LogP contribution in [0.5, 0.6) is 0 Å². The van der Waals surface area contributed by atoms with Gasteiger partial charge in [0.05, 0.1) is 4.92 Å². The van der Waals surface area contributed by atoms with Gasteiger partial charge in [-0.3, -0.25) is 29.8 Å². The second-order valence-electron chi connectivity index (χ2n) is 3.94. The molecule has 0 spiro atoms. The normalized spacial score (nSPS) is 15.1. The third-order valence-electron chi connectivity index (χ3n) is 2.56. The Morgan fingerprint density at radius 2 is 1.68 bits per heavy atom. The molecule has 8 heteroatoms. The highest BCUT2D eigenvalue weighted by Crippen LogP contribution is 2.14. The molecule has 0 aliphatic carbocycles. The number of nitro groups is 1. The Bertz CT molecular complexity index is 550. The summed E-state index contributed by atoms with van der Waals surface area (Å²) < 4.78 is 0. The van der Waals surface area contributed by atoms with Crippen molar-refractivity contribution >= 4 is 23.4 Å². The van der Waals surface area contributed by atoms with Crippen molar-refractivity contribution in [2.45, 2.75) is 0 Å². The molecule has 0 bridgehead atoms. The molecule has 8 nitrogen and oxygen atoms in total. The first kappa shape index (κ1) is 12.7. The Balaban J connectivity index is 2.17. The second kappa shape index (κ2) is 4.84. The molecule has 1 heterocycles. The number of imide groups is 1. The smallest absolute Gasteiger partial charge is 0.269 e. The van der Waals surface area contributed by atoms with Crippen molar-refractivity contribution in [3.63, 3.8) is 0 Å². The predicted molar refractivity (Wildman–Crippen MR) is 62.1 cm³/mol. The molecule has 98 valence electrons. The van der Waals surface area contributed by atoms with Crippen molar-refractivity contribution in [3.05, 3.63) is 39.9 Å². The fourth-order valence-corrected chi connectivity index (χ4v) is 1.69. The number of carbonyl (C=O) groups is 3. The SMILES string of the molecule is O=C1CN(C(=O)c2ccc([N+](=O)[O-])cc2)CC(=O)N1. The van der Waals surface area contributed by atoms with Crippen LogP contribution in [0.15, 0.2) is 24.3 Å². The fourth-order valence-electron chi connectivity index (χ4n) is 1.69. The molecule has 0 saturated carbocycles. The summed E-state index contributed by atoms with van der Waals surface area (Å²) in [6.07, 6.45) is 0. The first-order valence-corrected chi connectivity index (χ1v) is 5.34. The maximum absolute atomic E-state index is 12.0. The highest BCUT2D eigenvalue weighted by atomic mass is 16.6. The van der Waals surface area contributed by atoms with Crippen LogP contribution in [0.25, 0.3) is 0 Å². The number of nitrogens with zero attached hydrogens (tertiary/aromatic N) is 2. The van der Waals surface area contributed by atoms with Gasteiger partial charge in [0.1, 0.15) is 13.1 Å². The Hall–Kier alpha value is -2.77. The summed E-state index contributed by atoms with van der Waals surface area (Å²) in [5.74, 6) is -1.61. The van der Waals surface area contributed by atoms with Gasteiger partial charge in [0.15, 0.2) is 0 Å². The molecule has 19 heavy (non-hydrogen) atoms. The van der Waals surface area contributed by atoms with Crippen LogP contribution in [0.1, 0.15) is 10.4 Å². The molecule has 0 aromatic heterocycles. The molecule has 2 rings (SSSR count). The number of piperazine rings is 1. The summed E-state index contributed by atoms with van der Waals surface area (Å²) in [5, 5.41) is 12.6. The molecule has 0 radical (unpaired) electrons. The molecule has 1 fully saturated rings. The molecule has 1 aliphatic rings. The molecular weight excluding hydrogens is 254 g/mol. The van der Waals surface area contributed by atoms with Gasteiger partial charge in [-0.15, -0.1) is 0 Å². The van der Waals surface area contributed by atoms with E-state index in [1.54, 1.807) is 0 Å². The van der Waals surface area contributed by atoms with E-state index in [-0.39, 0.29) is 24.3 Å². The van der Waals surface area contributed by atoms with Gasteiger partial charge in [0, 0.05) is 17.7 Å². The minimum absolute atomic E-state index is 0.135. The third kappa shape index (κ3) is 2.73. The monoisotopic (exact) mass is 263 g/mol. The number of carbonyl (C=O) groups excluding carboxylic acids is 3. The highest BCUT2D eigenvalue weighted by molar-refractivity contribution is 6.05. The number of hydrogen-bond acceptors (Lipinski definition) is 5. The molecule has 3 amide bonds. The molecule has 1 N–H and O–H groups in total. The standard InChI is InChI=1S/C11H9N3O5/c15-9-5-13(6-10(16)12-9)11(17)7-1-3-8(4-2-7)14(18)19/h1-4H,5-6H2,(H,12,15,16). The number of benzene rings is 1. The number of non-ortho nitro benzene ring substituents is 1. The minimum atomic E-state index is -0.577. The van der Waals surface area contributed by atoms with Crippen LogP contribution in [0.4, 0.5) is 5.69 Å². The van der Waals surface area contributed by atoms with E-state index in [1.807, 2.05) is 0 Å². The number of nitro benzene ring substituents is 1. The van der Waals surface area contributed by atoms with Gasteiger partial charge in [-0.25, -0.2) is 0 Å². The van der Waals surface area contributed by atoms with Gasteiger partial charge in [-0.1, -0.05) is 0 Å². The van der Waals surface area contributed by atoms with E-state index in [9.17, 15) is 24.5 Å². The predicted octanol–water partition coefficient (Wildman–Crippen LogP) is -0.307. The third-order valence-corrected chi connectivity index (χ3v) is 2.56. The van der Waals surface area contributed by atoms with Crippen molar-refractivity contribution in [1.29, 1.82) is 0 Å². The summed E-state index contributed by atoms with van der Waals surface area (Å²) in [6.45, 7) is -0.414. The molecular formula is C11H9N3O5. The van der Waals surface area contributed by atoms with Crippen LogP contribution in [0, 0.1) is 10.1 Å². The van der Waals surface area contributed by atoms with Crippen molar-refractivity contribution in [3.8, 4) is 0 Å². The highest BCUT2D eigenvalue weighted by Gasteiger charge is 2.27. The van der Waals surface area contributed by atoms with Crippen LogP contribution >= 0.6 is 0 Å². The maximum atomic E-state index is 12.0. The number of hydrogen-bond donors (Lipinski definition) is 1. The lowest BCUT2D eigenvalue weighted by molar-refractivity contribution is -0.384. The second-order valence-corrected chi connectivity index (χ2v) is 3.94. The fraction of sp³-hybridized carbons (Fsp3) is 0.182. The van der Waals surface area contributed by atoms with E-state index < -0.39 is 22.6 Å². The van der Waals surface area contributed by atoms with Crippen molar-refractivity contribution < 1.29 is 19.3 Å². The van der Waals surface area contributed by atoms with Crippen molar-refractivity contribution in [2.75, 3.05) is 13.1 Å². The van der Waals surface area contributed by atoms with Crippen LogP contribution < -0.4 is 5.32 Å². The Morgan fingerprint density at radius 3 is 2.16 bits per heavy atom. The summed E-state index contributed by atoms with van der Waals surface area (Å²) in [6, 6.07) is 4.97. The number of amides is 3. The summed E-state index contributed by atoms with van der Waals surface area (Å²) in [7, 11) is 0. The average Bonchev–Trinajstić information content (AvgIpc) is 2.37. The zero-order valence-corrected chi connectivity index (χ0v) is 9.66. The molecule has 1 aromatic rings. The van der Waals surface area contributed by atoms with Gasteiger partial charge in [0.25, 0.3) is 11.6 Å². The average molecular weight is 263 g/mol. The first-order valence-electron chi connectivity index (χ1n) is 5.34. The Morgan fingerprint density at radius 1 is 1.16 bits per heavy atom. The lowest BCUT2D eigenvalue weighted by Crippen LogP contribution is -2.53. The van der Waals surface area contributed by atoms with E-state index in [4.69, 9.17) is 0 Å². The lowest BCUT2D eigenvalue weighted by atomic mass is 10.1. The Labute approximate surface area is 107 Å². The Kier molecular flexibility index (Phi) is 3.23. The topological polar surface area (TPSA) is 110 Å². The van der Waals surface area contributed by atoms with Gasteiger partial charge < -0.3 is 4.90 Å². The summed E-state index contributed by atoms with van der Waals surface area (Å²) >= 11 is 0. The minimum Gasteiger partial charge on any atom is -0.320 e. The van der Waals surface area contributed by atoms with E-state index in [1.165, 1.54) is 24.3 Å². The molecule has 1 aromatic carbocycles. The first-order chi connectivity index (χ1) is 8.97. The zero-order chi connectivity index (χ0) is 14.0. The molecule has 0 unspecified atom stereocenters. The van der Waals surface area contributed by atoms with Gasteiger partial charge in [0.2, 0.25) is 11.8 Å². The maximum Gasteiger partial charge on any atom is 0.269 e. The number of rotatable bonds is 2. The molecule has 1 aliphatic heterocycles. The molecule has 0 atom stereocenters. The lowest BCUT2D eigenvalue weighted by Gasteiger charge is -2.25. The van der Waals surface area contributed by atoms with Crippen LogP contribution in [-0.4, -0.2) is 40.6 Å².